The van der Waals surface area contributed by atoms with E-state index in [-0.39, 0.29) is 18.3 Å². The van der Waals surface area contributed by atoms with Gasteiger partial charge in [-0.2, -0.15) is 0 Å². The molecule has 2 N–H and O–H groups in total. The van der Waals surface area contributed by atoms with Gasteiger partial charge in [0.1, 0.15) is 5.82 Å². The number of aliphatic hydroxyl groups is 1. The predicted octanol–water partition coefficient (Wildman–Crippen LogP) is 2.12. The monoisotopic (exact) mass is 251 g/mol. The molecule has 1 aromatic rings. The van der Waals surface area contributed by atoms with Crippen LogP contribution in [0.4, 0.5) is 4.39 Å². The fraction of sp³-hybridized carbons (Fsp3) is 0.357. The number of halogens is 1. The van der Waals surface area contributed by atoms with Gasteiger partial charge in [0.05, 0.1) is 0 Å². The zero-order valence-corrected chi connectivity index (χ0v) is 10.2. The highest BCUT2D eigenvalue weighted by atomic mass is 19.1. The van der Waals surface area contributed by atoms with E-state index in [0.717, 1.165) is 24.8 Å². The van der Waals surface area contributed by atoms with Gasteiger partial charge in [0.15, 0.2) is 0 Å². The van der Waals surface area contributed by atoms with Gasteiger partial charge in [-0.15, -0.1) is 0 Å². The van der Waals surface area contributed by atoms with Crippen molar-refractivity contribution < 1.29 is 14.3 Å². The van der Waals surface area contributed by atoms with Gasteiger partial charge in [-0.25, -0.2) is 4.39 Å². The zero-order chi connectivity index (χ0) is 13.2. The van der Waals surface area contributed by atoms with Gasteiger partial charge in [-0.05, 0) is 43.0 Å². The fourth-order valence-electron chi connectivity index (χ4n) is 1.43. The van der Waals surface area contributed by atoms with Crippen molar-refractivity contribution in [2.75, 3.05) is 13.2 Å². The second kappa shape index (κ2) is 8.42. The average Bonchev–Trinajstić information content (AvgIpc) is 2.38. The van der Waals surface area contributed by atoms with Crippen molar-refractivity contribution in [2.45, 2.75) is 19.3 Å². The van der Waals surface area contributed by atoms with E-state index in [2.05, 4.69) is 5.32 Å². The number of hydrogen-bond acceptors (Lipinski definition) is 2. The van der Waals surface area contributed by atoms with E-state index in [1.165, 1.54) is 18.2 Å². The minimum absolute atomic E-state index is 0.164. The lowest BCUT2D eigenvalue weighted by molar-refractivity contribution is -0.116. The summed E-state index contributed by atoms with van der Waals surface area (Å²) in [5.74, 6) is -0.455. The van der Waals surface area contributed by atoms with Gasteiger partial charge in [0.25, 0.3) is 0 Å². The van der Waals surface area contributed by atoms with Gasteiger partial charge in [0, 0.05) is 19.2 Å². The van der Waals surface area contributed by atoms with Gasteiger partial charge in [0.2, 0.25) is 5.91 Å². The molecule has 0 heterocycles. The first-order chi connectivity index (χ1) is 8.72. The smallest absolute Gasteiger partial charge is 0.243 e. The van der Waals surface area contributed by atoms with Crippen LogP contribution in [-0.2, 0) is 4.79 Å². The third kappa shape index (κ3) is 6.15. The topological polar surface area (TPSA) is 49.3 Å². The van der Waals surface area contributed by atoms with Crippen molar-refractivity contribution in [3.8, 4) is 0 Å². The highest BCUT2D eigenvalue weighted by Crippen LogP contribution is 2.04. The summed E-state index contributed by atoms with van der Waals surface area (Å²) in [4.78, 5) is 11.4. The van der Waals surface area contributed by atoms with Crippen molar-refractivity contribution in [3.63, 3.8) is 0 Å². The summed E-state index contributed by atoms with van der Waals surface area (Å²) in [6.07, 6.45) is 5.60. The Labute approximate surface area is 106 Å². The minimum Gasteiger partial charge on any atom is -0.396 e. The van der Waals surface area contributed by atoms with E-state index >= 15 is 0 Å². The number of unbranched alkanes of at least 4 members (excludes halogenated alkanes) is 2. The van der Waals surface area contributed by atoms with Crippen LogP contribution in [-0.4, -0.2) is 24.2 Å². The molecule has 0 bridgehead atoms. The Morgan fingerprint density at radius 2 is 1.94 bits per heavy atom. The fourth-order valence-corrected chi connectivity index (χ4v) is 1.43. The van der Waals surface area contributed by atoms with E-state index in [0.29, 0.717) is 6.54 Å². The number of hydrogen-bond donors (Lipinski definition) is 2. The molecule has 1 rings (SSSR count). The molecule has 1 aromatic carbocycles. The molecule has 4 heteroatoms. The molecular formula is C14H18FNO2. The van der Waals surface area contributed by atoms with Gasteiger partial charge in [-0.1, -0.05) is 12.1 Å². The molecule has 1 amide bonds. The molecular weight excluding hydrogens is 233 g/mol. The lowest BCUT2D eigenvalue weighted by atomic mass is 10.2. The summed E-state index contributed by atoms with van der Waals surface area (Å²) < 4.78 is 12.6. The van der Waals surface area contributed by atoms with E-state index < -0.39 is 0 Å². The molecule has 0 spiro atoms. The van der Waals surface area contributed by atoms with Crippen LogP contribution in [0.5, 0.6) is 0 Å². The molecule has 3 nitrogen and oxygen atoms in total. The van der Waals surface area contributed by atoms with Crippen LogP contribution in [0.1, 0.15) is 24.8 Å². The Bertz CT molecular complexity index is 387. The number of carbonyl (C=O) groups excluding carboxylic acids is 1. The molecule has 0 aliphatic rings. The lowest BCUT2D eigenvalue weighted by Crippen LogP contribution is -2.22. The minimum atomic E-state index is -0.291. The number of nitrogens with one attached hydrogen (secondary N) is 1. The Hall–Kier alpha value is -1.68. The molecule has 0 atom stereocenters. The first-order valence-corrected chi connectivity index (χ1v) is 6.04. The van der Waals surface area contributed by atoms with E-state index in [1.807, 2.05) is 0 Å². The van der Waals surface area contributed by atoms with Crippen LogP contribution in [0, 0.1) is 5.82 Å². The molecule has 0 saturated carbocycles. The van der Waals surface area contributed by atoms with Crippen molar-refractivity contribution in [1.82, 2.24) is 5.32 Å². The Morgan fingerprint density at radius 3 is 2.61 bits per heavy atom. The van der Waals surface area contributed by atoms with Crippen molar-refractivity contribution in [2.24, 2.45) is 0 Å². The standard InChI is InChI=1S/C14H18FNO2/c15-13-7-4-12(5-8-13)6-9-14(18)16-10-2-1-3-11-17/h4-9,17H,1-3,10-11H2,(H,16,18)/b9-6+. The zero-order valence-electron chi connectivity index (χ0n) is 10.2. The summed E-state index contributed by atoms with van der Waals surface area (Å²) >= 11 is 0. The quantitative estimate of drug-likeness (QED) is 0.576. The number of benzene rings is 1. The first-order valence-electron chi connectivity index (χ1n) is 6.04. The molecule has 98 valence electrons. The molecule has 0 aromatic heterocycles. The number of rotatable bonds is 7. The van der Waals surface area contributed by atoms with Crippen LogP contribution >= 0.6 is 0 Å². The SMILES string of the molecule is O=C(/C=C/c1ccc(F)cc1)NCCCCCO. The van der Waals surface area contributed by atoms with E-state index in [4.69, 9.17) is 5.11 Å². The maximum Gasteiger partial charge on any atom is 0.243 e. The van der Waals surface area contributed by atoms with E-state index in [1.54, 1.807) is 18.2 Å². The number of aliphatic hydroxyl groups excluding tert-OH is 1. The van der Waals surface area contributed by atoms with Gasteiger partial charge in [-0.3, -0.25) is 4.79 Å². The molecule has 0 saturated heterocycles. The molecule has 0 aliphatic heterocycles. The van der Waals surface area contributed by atoms with Crippen molar-refractivity contribution in [1.29, 1.82) is 0 Å². The summed E-state index contributed by atoms with van der Waals surface area (Å²) in [6, 6.07) is 5.93. The van der Waals surface area contributed by atoms with Crippen LogP contribution in [0.3, 0.4) is 0 Å². The highest BCUT2D eigenvalue weighted by molar-refractivity contribution is 5.91. The van der Waals surface area contributed by atoms with Crippen LogP contribution in [0.2, 0.25) is 0 Å². The molecule has 0 unspecified atom stereocenters. The van der Waals surface area contributed by atoms with Crippen LogP contribution in [0.15, 0.2) is 30.3 Å². The Kier molecular flexibility index (Phi) is 6.72. The van der Waals surface area contributed by atoms with E-state index in [9.17, 15) is 9.18 Å². The normalized spacial score (nSPS) is 10.8. The molecule has 0 radical (unpaired) electrons. The number of carbonyl (C=O) groups is 1. The Morgan fingerprint density at radius 1 is 1.22 bits per heavy atom. The van der Waals surface area contributed by atoms with Crippen LogP contribution in [0.25, 0.3) is 6.08 Å². The molecule has 18 heavy (non-hydrogen) atoms. The largest absolute Gasteiger partial charge is 0.396 e. The maximum absolute atomic E-state index is 12.6. The Balaban J connectivity index is 2.25. The third-order valence-electron chi connectivity index (χ3n) is 2.43. The van der Waals surface area contributed by atoms with Gasteiger partial charge < -0.3 is 10.4 Å². The molecule has 0 fully saturated rings. The maximum atomic E-state index is 12.6. The first kappa shape index (κ1) is 14.4. The predicted molar refractivity (Wildman–Crippen MR) is 69.4 cm³/mol. The third-order valence-corrected chi connectivity index (χ3v) is 2.43. The van der Waals surface area contributed by atoms with Crippen molar-refractivity contribution in [3.05, 3.63) is 41.7 Å². The summed E-state index contributed by atoms with van der Waals surface area (Å²) in [7, 11) is 0. The summed E-state index contributed by atoms with van der Waals surface area (Å²) in [5.41, 5.74) is 0.784. The van der Waals surface area contributed by atoms with Gasteiger partial charge >= 0.3 is 0 Å². The average molecular weight is 251 g/mol. The summed E-state index contributed by atoms with van der Waals surface area (Å²) in [5, 5.41) is 11.3. The second-order valence-corrected chi connectivity index (χ2v) is 3.96. The van der Waals surface area contributed by atoms with Crippen molar-refractivity contribution >= 4 is 12.0 Å². The summed E-state index contributed by atoms with van der Waals surface area (Å²) in [6.45, 7) is 0.797. The molecule has 0 aliphatic carbocycles. The number of amides is 1. The highest BCUT2D eigenvalue weighted by Gasteiger charge is 1.95. The lowest BCUT2D eigenvalue weighted by Gasteiger charge is -2.01. The second-order valence-electron chi connectivity index (χ2n) is 3.96. The van der Waals surface area contributed by atoms with Crippen LogP contribution < -0.4 is 5.32 Å².